The van der Waals surface area contributed by atoms with Crippen molar-refractivity contribution in [3.8, 4) is 0 Å². The molecule has 5 heteroatoms. The van der Waals surface area contributed by atoms with Gasteiger partial charge in [-0.3, -0.25) is 14.5 Å². The number of carbonyl (C=O) groups excluding carboxylic acids is 1. The molecule has 0 saturated carbocycles. The lowest BCUT2D eigenvalue weighted by Crippen LogP contribution is -2.53. The van der Waals surface area contributed by atoms with Crippen LogP contribution in [0, 0.1) is 0 Å². The summed E-state index contributed by atoms with van der Waals surface area (Å²) >= 11 is 0. The molecule has 1 amide bonds. The lowest BCUT2D eigenvalue weighted by molar-refractivity contribution is -0.139. The zero-order chi connectivity index (χ0) is 15.8. The average molecular weight is 286 g/mol. The van der Waals surface area contributed by atoms with Gasteiger partial charge in [0.25, 0.3) is 0 Å². The van der Waals surface area contributed by atoms with E-state index >= 15 is 0 Å². The third-order valence-electron chi connectivity index (χ3n) is 3.35. The molecule has 0 spiro atoms. The molecule has 0 bridgehead atoms. The number of hydrogen-bond acceptors (Lipinski definition) is 3. The van der Waals surface area contributed by atoms with E-state index < -0.39 is 5.97 Å². The maximum Gasteiger partial charge on any atom is 0.304 e. The number of hydrogen-bond donors (Lipinski definition) is 2. The van der Waals surface area contributed by atoms with Gasteiger partial charge in [0.15, 0.2) is 0 Å². The van der Waals surface area contributed by atoms with Gasteiger partial charge in [0.2, 0.25) is 5.91 Å². The van der Waals surface area contributed by atoms with Gasteiger partial charge in [-0.15, -0.1) is 0 Å². The minimum absolute atomic E-state index is 0.0265. The van der Waals surface area contributed by atoms with E-state index in [9.17, 15) is 9.59 Å². The Morgan fingerprint density at radius 3 is 2.30 bits per heavy atom. The topological polar surface area (TPSA) is 69.6 Å². The van der Waals surface area contributed by atoms with Gasteiger partial charge in [0.05, 0.1) is 12.5 Å². The molecule has 0 heterocycles. The Balaban J connectivity index is 4.49. The number of carboxylic acids is 1. The molecule has 0 saturated heterocycles. The van der Waals surface area contributed by atoms with Crippen LogP contribution in [-0.4, -0.2) is 46.6 Å². The Kier molecular flexibility index (Phi) is 8.46. The minimum Gasteiger partial charge on any atom is -0.481 e. The summed E-state index contributed by atoms with van der Waals surface area (Å²) in [6.45, 7) is 11.0. The van der Waals surface area contributed by atoms with Gasteiger partial charge in [0.1, 0.15) is 0 Å². The molecule has 1 unspecified atom stereocenters. The van der Waals surface area contributed by atoms with E-state index in [2.05, 4.69) is 12.2 Å². The first-order chi connectivity index (χ1) is 9.20. The van der Waals surface area contributed by atoms with Crippen molar-refractivity contribution in [1.82, 2.24) is 10.2 Å². The predicted octanol–water partition coefficient (Wildman–Crippen LogP) is 2.26. The van der Waals surface area contributed by atoms with Gasteiger partial charge in [-0.2, -0.15) is 0 Å². The average Bonchev–Trinajstić information content (AvgIpc) is 2.32. The molecule has 0 radical (unpaired) electrons. The van der Waals surface area contributed by atoms with Crippen LogP contribution >= 0.6 is 0 Å². The zero-order valence-electron chi connectivity index (χ0n) is 13.5. The standard InChI is InChI=1S/C15H30N2O3/c1-6-7-8-10-16-14(20)12(2)17(15(3,4)5)11-9-13(18)19/h12H,6-11H2,1-5H3,(H,16,20)(H,18,19). The maximum absolute atomic E-state index is 12.1. The number of aliphatic carboxylic acids is 1. The Hall–Kier alpha value is -1.10. The number of carbonyl (C=O) groups is 2. The quantitative estimate of drug-likeness (QED) is 0.638. The number of carboxylic acid groups (broad SMARTS) is 1. The second kappa shape index (κ2) is 8.95. The summed E-state index contributed by atoms with van der Waals surface area (Å²) in [5, 5.41) is 11.8. The number of nitrogens with one attached hydrogen (secondary N) is 1. The van der Waals surface area contributed by atoms with Crippen molar-refractivity contribution in [3.63, 3.8) is 0 Å². The summed E-state index contributed by atoms with van der Waals surface area (Å²) in [6.07, 6.45) is 3.26. The first-order valence-electron chi connectivity index (χ1n) is 7.46. The van der Waals surface area contributed by atoms with Gasteiger partial charge in [-0.1, -0.05) is 19.8 Å². The minimum atomic E-state index is -0.838. The zero-order valence-corrected chi connectivity index (χ0v) is 13.5. The van der Waals surface area contributed by atoms with Crippen molar-refractivity contribution >= 4 is 11.9 Å². The van der Waals surface area contributed by atoms with Crippen molar-refractivity contribution in [1.29, 1.82) is 0 Å². The molecule has 0 aromatic heterocycles. The molecule has 0 aromatic rings. The molecule has 0 aliphatic heterocycles. The molecule has 0 fully saturated rings. The van der Waals surface area contributed by atoms with Crippen LogP contribution in [0.2, 0.25) is 0 Å². The molecule has 20 heavy (non-hydrogen) atoms. The van der Waals surface area contributed by atoms with E-state index in [1.165, 1.54) is 0 Å². The van der Waals surface area contributed by atoms with E-state index in [0.29, 0.717) is 13.1 Å². The number of rotatable bonds is 9. The van der Waals surface area contributed by atoms with Crippen LogP contribution in [-0.2, 0) is 9.59 Å². The molecule has 0 rings (SSSR count). The summed E-state index contributed by atoms with van der Waals surface area (Å²) < 4.78 is 0. The summed E-state index contributed by atoms with van der Waals surface area (Å²) in [7, 11) is 0. The Bertz CT molecular complexity index is 311. The maximum atomic E-state index is 12.1. The molecule has 5 nitrogen and oxygen atoms in total. The second-order valence-electron chi connectivity index (χ2n) is 6.18. The lowest BCUT2D eigenvalue weighted by Gasteiger charge is -2.39. The highest BCUT2D eigenvalue weighted by molar-refractivity contribution is 5.81. The Morgan fingerprint density at radius 1 is 1.25 bits per heavy atom. The third kappa shape index (κ3) is 7.48. The Morgan fingerprint density at radius 2 is 1.85 bits per heavy atom. The van der Waals surface area contributed by atoms with Gasteiger partial charge in [-0.05, 0) is 34.1 Å². The van der Waals surface area contributed by atoms with Crippen LogP contribution in [0.5, 0.6) is 0 Å². The molecule has 0 aliphatic carbocycles. The van der Waals surface area contributed by atoms with Crippen molar-refractivity contribution in [2.24, 2.45) is 0 Å². The molecule has 0 aliphatic rings. The fourth-order valence-corrected chi connectivity index (χ4v) is 2.20. The molecular formula is C15H30N2O3. The van der Waals surface area contributed by atoms with Crippen LogP contribution in [0.4, 0.5) is 0 Å². The van der Waals surface area contributed by atoms with Crippen LogP contribution in [0.25, 0.3) is 0 Å². The summed E-state index contributed by atoms with van der Waals surface area (Å²) in [5.41, 5.74) is -0.240. The normalized spacial score (nSPS) is 13.3. The van der Waals surface area contributed by atoms with Crippen LogP contribution < -0.4 is 5.32 Å². The van der Waals surface area contributed by atoms with Crippen LogP contribution in [0.3, 0.4) is 0 Å². The first-order valence-corrected chi connectivity index (χ1v) is 7.46. The van der Waals surface area contributed by atoms with Gasteiger partial charge < -0.3 is 10.4 Å². The molecule has 1 atom stereocenters. The predicted molar refractivity (Wildman–Crippen MR) is 80.7 cm³/mol. The molecule has 118 valence electrons. The van der Waals surface area contributed by atoms with E-state index in [1.54, 1.807) is 0 Å². The van der Waals surface area contributed by atoms with Crippen molar-refractivity contribution in [2.45, 2.75) is 71.9 Å². The molecular weight excluding hydrogens is 256 g/mol. The second-order valence-corrected chi connectivity index (χ2v) is 6.18. The highest BCUT2D eigenvalue weighted by atomic mass is 16.4. The largest absolute Gasteiger partial charge is 0.481 e. The molecule has 0 aromatic carbocycles. The summed E-state index contributed by atoms with van der Waals surface area (Å²) in [5.74, 6) is -0.865. The Labute approximate surface area is 122 Å². The van der Waals surface area contributed by atoms with E-state index in [0.717, 1.165) is 19.3 Å². The van der Waals surface area contributed by atoms with Gasteiger partial charge in [-0.25, -0.2) is 0 Å². The first kappa shape index (κ1) is 18.9. The van der Waals surface area contributed by atoms with E-state index in [1.807, 2.05) is 32.6 Å². The van der Waals surface area contributed by atoms with Crippen LogP contribution in [0.15, 0.2) is 0 Å². The van der Waals surface area contributed by atoms with E-state index in [-0.39, 0.29) is 23.9 Å². The van der Waals surface area contributed by atoms with Gasteiger partial charge in [0, 0.05) is 18.6 Å². The fourth-order valence-electron chi connectivity index (χ4n) is 2.20. The monoisotopic (exact) mass is 286 g/mol. The van der Waals surface area contributed by atoms with Gasteiger partial charge >= 0.3 is 5.97 Å². The number of amides is 1. The SMILES string of the molecule is CCCCCNC(=O)C(C)N(CCC(=O)O)C(C)(C)C. The number of unbranched alkanes of at least 4 members (excludes halogenated alkanes) is 2. The van der Waals surface area contributed by atoms with E-state index in [4.69, 9.17) is 5.11 Å². The lowest BCUT2D eigenvalue weighted by atomic mass is 10.0. The van der Waals surface area contributed by atoms with Crippen LogP contribution in [0.1, 0.15) is 60.3 Å². The third-order valence-corrected chi connectivity index (χ3v) is 3.35. The highest BCUT2D eigenvalue weighted by Gasteiger charge is 2.30. The summed E-state index contributed by atoms with van der Waals surface area (Å²) in [6, 6.07) is -0.323. The highest BCUT2D eigenvalue weighted by Crippen LogP contribution is 2.17. The van der Waals surface area contributed by atoms with Crippen molar-refractivity contribution in [3.05, 3.63) is 0 Å². The van der Waals surface area contributed by atoms with Crippen molar-refractivity contribution in [2.75, 3.05) is 13.1 Å². The molecule has 2 N–H and O–H groups in total. The fraction of sp³-hybridized carbons (Fsp3) is 0.867. The van der Waals surface area contributed by atoms with Crippen molar-refractivity contribution < 1.29 is 14.7 Å². The number of nitrogens with zero attached hydrogens (tertiary/aromatic N) is 1. The smallest absolute Gasteiger partial charge is 0.304 e. The summed E-state index contributed by atoms with van der Waals surface area (Å²) in [4.78, 5) is 24.8.